The van der Waals surface area contributed by atoms with Crippen molar-refractivity contribution in [1.29, 1.82) is 0 Å². The van der Waals surface area contributed by atoms with E-state index >= 15 is 0 Å². The van der Waals surface area contributed by atoms with E-state index in [1.165, 1.54) is 7.11 Å². The first-order valence-electron chi connectivity index (χ1n) is 3.93. The quantitative estimate of drug-likeness (QED) is 0.837. The van der Waals surface area contributed by atoms with E-state index in [4.69, 9.17) is 16.7 Å². The molecule has 0 aliphatic rings. The van der Waals surface area contributed by atoms with Gasteiger partial charge >= 0.3 is 5.97 Å². The van der Waals surface area contributed by atoms with Crippen molar-refractivity contribution in [3.63, 3.8) is 0 Å². The van der Waals surface area contributed by atoms with Gasteiger partial charge in [-0.3, -0.25) is 4.79 Å². The number of hydrogen-bond acceptors (Lipinski definition) is 3. The maximum absolute atomic E-state index is 13.5. The Morgan fingerprint density at radius 3 is 2.73 bits per heavy atom. The molecular formula is C9H8ClFO4. The lowest BCUT2D eigenvalue weighted by atomic mass is 10.1. The van der Waals surface area contributed by atoms with E-state index in [0.29, 0.717) is 0 Å². The van der Waals surface area contributed by atoms with Gasteiger partial charge in [-0.2, -0.15) is 0 Å². The molecule has 0 aromatic heterocycles. The molecule has 0 saturated heterocycles. The Labute approximate surface area is 89.9 Å². The Morgan fingerprint density at radius 1 is 1.67 bits per heavy atom. The fourth-order valence-corrected chi connectivity index (χ4v) is 1.32. The van der Waals surface area contributed by atoms with E-state index in [2.05, 4.69) is 4.74 Å². The van der Waals surface area contributed by atoms with E-state index in [0.717, 1.165) is 6.07 Å². The summed E-state index contributed by atoms with van der Waals surface area (Å²) in [6, 6.07) is 1.08. The van der Waals surface area contributed by atoms with E-state index in [1.54, 1.807) is 0 Å². The number of halogens is 2. The number of aliphatic carboxylic acids is 1. The minimum absolute atomic E-state index is 0.149. The molecule has 0 saturated carbocycles. The Balaban J connectivity index is 3.33. The maximum atomic E-state index is 13.5. The lowest BCUT2D eigenvalue weighted by Gasteiger charge is -2.09. The van der Waals surface area contributed by atoms with E-state index in [-0.39, 0.29) is 16.3 Å². The molecule has 1 rings (SSSR count). The molecule has 0 fully saturated rings. The van der Waals surface area contributed by atoms with Crippen LogP contribution < -0.4 is 4.74 Å². The third-order valence-corrected chi connectivity index (χ3v) is 2.09. The van der Waals surface area contributed by atoms with Gasteiger partial charge in [0.2, 0.25) is 0 Å². The number of methoxy groups -OCH3 is 1. The number of hydrogen-bond donors (Lipinski definition) is 2. The van der Waals surface area contributed by atoms with Gasteiger partial charge in [-0.1, -0.05) is 11.6 Å². The largest absolute Gasteiger partial charge is 0.506 e. The highest BCUT2D eigenvalue weighted by molar-refractivity contribution is 6.32. The van der Waals surface area contributed by atoms with Crippen LogP contribution in [0.4, 0.5) is 4.39 Å². The minimum atomic E-state index is -1.27. The average Bonchev–Trinajstić information content (AvgIpc) is 2.18. The molecule has 6 heteroatoms. The zero-order valence-electron chi connectivity index (χ0n) is 7.75. The van der Waals surface area contributed by atoms with Crippen molar-refractivity contribution in [3.05, 3.63) is 22.5 Å². The summed E-state index contributed by atoms with van der Waals surface area (Å²) in [7, 11) is 1.22. The number of carboxylic acid groups (broad SMARTS) is 1. The summed E-state index contributed by atoms with van der Waals surface area (Å²) in [4.78, 5) is 10.4. The minimum Gasteiger partial charge on any atom is -0.506 e. The van der Waals surface area contributed by atoms with Gasteiger partial charge in [0.1, 0.15) is 5.75 Å². The van der Waals surface area contributed by atoms with E-state index < -0.39 is 24.0 Å². The molecule has 0 aliphatic carbocycles. The summed E-state index contributed by atoms with van der Waals surface area (Å²) in [5, 5.41) is 17.7. The number of phenolic OH excluding ortho intramolecular Hbond substituents is 1. The van der Waals surface area contributed by atoms with E-state index in [9.17, 15) is 14.3 Å². The highest BCUT2D eigenvalue weighted by atomic mass is 35.5. The predicted octanol–water partition coefficient (Wildman–Crippen LogP) is 1.82. The summed E-state index contributed by atoms with van der Waals surface area (Å²) >= 11 is 5.56. The van der Waals surface area contributed by atoms with Gasteiger partial charge in [-0.25, -0.2) is 4.39 Å². The molecule has 0 atom stereocenters. The molecule has 2 N–H and O–H groups in total. The Morgan fingerprint density at radius 2 is 2.27 bits per heavy atom. The summed E-state index contributed by atoms with van der Waals surface area (Å²) in [5.41, 5.74) is -0.383. The summed E-state index contributed by atoms with van der Waals surface area (Å²) in [6.45, 7) is 0. The topological polar surface area (TPSA) is 66.8 Å². The van der Waals surface area contributed by atoms with E-state index in [1.807, 2.05) is 0 Å². The second-order valence-electron chi connectivity index (χ2n) is 2.77. The van der Waals surface area contributed by atoms with Crippen LogP contribution in [0.25, 0.3) is 0 Å². The van der Waals surface area contributed by atoms with Gasteiger partial charge in [-0.15, -0.1) is 0 Å². The smallest absolute Gasteiger partial charge is 0.308 e. The standard InChI is InChI=1S/C9H8ClFO4/c1-15-6-3-5(10)9(14)4(8(6)11)2-7(12)13/h3,14H,2H2,1H3,(H,12,13). The third kappa shape index (κ3) is 2.30. The van der Waals surface area contributed by atoms with Crippen molar-refractivity contribution in [1.82, 2.24) is 0 Å². The number of rotatable bonds is 3. The number of carboxylic acids is 1. The van der Waals surface area contributed by atoms with Crippen LogP contribution >= 0.6 is 11.6 Å². The second-order valence-corrected chi connectivity index (χ2v) is 3.18. The molecular weight excluding hydrogens is 227 g/mol. The van der Waals surface area contributed by atoms with Crippen molar-refractivity contribution in [3.8, 4) is 11.5 Å². The number of phenols is 1. The highest BCUT2D eigenvalue weighted by Gasteiger charge is 2.19. The van der Waals surface area contributed by atoms with Gasteiger partial charge in [0.25, 0.3) is 0 Å². The zero-order valence-corrected chi connectivity index (χ0v) is 8.51. The molecule has 82 valence electrons. The molecule has 0 amide bonds. The van der Waals surface area contributed by atoms with Gasteiger partial charge in [-0.05, 0) is 0 Å². The van der Waals surface area contributed by atoms with Crippen molar-refractivity contribution >= 4 is 17.6 Å². The molecule has 0 unspecified atom stereocenters. The van der Waals surface area contributed by atoms with Crippen LogP contribution in [0.1, 0.15) is 5.56 Å². The van der Waals surface area contributed by atoms with Crippen molar-refractivity contribution in [2.75, 3.05) is 7.11 Å². The van der Waals surface area contributed by atoms with Crippen LogP contribution in [-0.2, 0) is 11.2 Å². The van der Waals surface area contributed by atoms with Crippen LogP contribution in [0.2, 0.25) is 5.02 Å². The van der Waals surface area contributed by atoms with Crippen LogP contribution in [-0.4, -0.2) is 23.3 Å². The Bertz CT molecular complexity index is 406. The summed E-state index contributed by atoms with van der Waals surface area (Å²) < 4.78 is 18.1. The molecule has 15 heavy (non-hydrogen) atoms. The van der Waals surface area contributed by atoms with Gasteiger partial charge in [0.05, 0.1) is 18.6 Å². The molecule has 0 aliphatic heterocycles. The summed E-state index contributed by atoms with van der Waals surface area (Å²) in [5.74, 6) is -2.96. The maximum Gasteiger partial charge on any atom is 0.308 e. The lowest BCUT2D eigenvalue weighted by molar-refractivity contribution is -0.136. The van der Waals surface area contributed by atoms with Crippen molar-refractivity contribution in [2.45, 2.75) is 6.42 Å². The fraction of sp³-hybridized carbons (Fsp3) is 0.222. The van der Waals surface area contributed by atoms with Crippen LogP contribution in [0, 0.1) is 5.82 Å². The first-order chi connectivity index (χ1) is 6.97. The second kappa shape index (κ2) is 4.35. The summed E-state index contributed by atoms with van der Waals surface area (Å²) in [6.07, 6.45) is -0.658. The average molecular weight is 235 g/mol. The lowest BCUT2D eigenvalue weighted by Crippen LogP contribution is -2.04. The number of carbonyl (C=O) groups is 1. The number of aromatic hydroxyl groups is 1. The predicted molar refractivity (Wildman–Crippen MR) is 51.0 cm³/mol. The third-order valence-electron chi connectivity index (χ3n) is 1.80. The SMILES string of the molecule is COc1cc(Cl)c(O)c(CC(=O)O)c1F. The molecule has 4 nitrogen and oxygen atoms in total. The molecule has 0 heterocycles. The van der Waals surface area contributed by atoms with Crippen LogP contribution in [0.5, 0.6) is 11.5 Å². The molecule has 1 aromatic rings. The number of benzene rings is 1. The fourth-order valence-electron chi connectivity index (χ4n) is 1.10. The van der Waals surface area contributed by atoms with Crippen LogP contribution in [0.3, 0.4) is 0 Å². The van der Waals surface area contributed by atoms with Gasteiger partial charge in [0.15, 0.2) is 11.6 Å². The van der Waals surface area contributed by atoms with Crippen molar-refractivity contribution < 1.29 is 24.1 Å². The number of ether oxygens (including phenoxy) is 1. The Hall–Kier alpha value is -1.49. The van der Waals surface area contributed by atoms with Crippen molar-refractivity contribution in [2.24, 2.45) is 0 Å². The first-order valence-corrected chi connectivity index (χ1v) is 4.30. The molecule has 1 aromatic carbocycles. The zero-order chi connectivity index (χ0) is 11.6. The Kier molecular flexibility index (Phi) is 3.36. The van der Waals surface area contributed by atoms with Crippen LogP contribution in [0.15, 0.2) is 6.07 Å². The normalized spacial score (nSPS) is 10.1. The molecule has 0 bridgehead atoms. The van der Waals surface area contributed by atoms with Gasteiger partial charge < -0.3 is 14.9 Å². The van der Waals surface area contributed by atoms with Gasteiger partial charge in [0, 0.05) is 11.6 Å². The highest BCUT2D eigenvalue weighted by Crippen LogP contribution is 2.35. The monoisotopic (exact) mass is 234 g/mol. The molecule has 0 radical (unpaired) electrons. The first kappa shape index (κ1) is 11.6. The molecule has 0 spiro atoms.